The Hall–Kier alpha value is -0.610. The molecular formula is C13H25N3O. The van der Waals surface area contributed by atoms with Crippen molar-refractivity contribution in [1.82, 2.24) is 10.2 Å². The maximum atomic E-state index is 12.0. The molecule has 0 radical (unpaired) electrons. The molecule has 1 amide bonds. The van der Waals surface area contributed by atoms with Gasteiger partial charge in [0, 0.05) is 19.1 Å². The summed E-state index contributed by atoms with van der Waals surface area (Å²) in [5.74, 6) is 0.844. The van der Waals surface area contributed by atoms with Gasteiger partial charge in [-0.3, -0.25) is 4.79 Å². The maximum absolute atomic E-state index is 12.0. The van der Waals surface area contributed by atoms with Crippen molar-refractivity contribution >= 4 is 5.91 Å². The molecule has 0 bridgehead atoms. The van der Waals surface area contributed by atoms with Gasteiger partial charge in [0.05, 0.1) is 6.54 Å². The smallest absolute Gasteiger partial charge is 0.236 e. The van der Waals surface area contributed by atoms with E-state index in [2.05, 4.69) is 5.32 Å². The number of hydrogen-bond donors (Lipinski definition) is 2. The van der Waals surface area contributed by atoms with Crippen molar-refractivity contribution in [3.05, 3.63) is 0 Å². The zero-order valence-electron chi connectivity index (χ0n) is 10.7. The van der Waals surface area contributed by atoms with Gasteiger partial charge in [0.2, 0.25) is 5.91 Å². The number of rotatable bonds is 4. The van der Waals surface area contributed by atoms with E-state index in [4.69, 9.17) is 5.73 Å². The van der Waals surface area contributed by atoms with Gasteiger partial charge in [-0.25, -0.2) is 0 Å². The van der Waals surface area contributed by atoms with Crippen LogP contribution in [0, 0.1) is 5.92 Å². The number of likely N-dealkylation sites (tertiary alicyclic amines) is 1. The third kappa shape index (κ3) is 3.42. The fraction of sp³-hybridized carbons (Fsp3) is 0.923. The number of amides is 1. The molecule has 0 aromatic heterocycles. The van der Waals surface area contributed by atoms with Crippen LogP contribution in [0.15, 0.2) is 0 Å². The average molecular weight is 239 g/mol. The fourth-order valence-electron chi connectivity index (χ4n) is 3.06. The van der Waals surface area contributed by atoms with Crippen molar-refractivity contribution in [2.75, 3.05) is 26.2 Å². The van der Waals surface area contributed by atoms with Gasteiger partial charge in [0.1, 0.15) is 0 Å². The first-order valence-corrected chi connectivity index (χ1v) is 7.02. The van der Waals surface area contributed by atoms with E-state index < -0.39 is 0 Å². The molecule has 1 heterocycles. The quantitative estimate of drug-likeness (QED) is 0.760. The fourth-order valence-corrected chi connectivity index (χ4v) is 3.06. The van der Waals surface area contributed by atoms with Gasteiger partial charge in [-0.15, -0.1) is 0 Å². The van der Waals surface area contributed by atoms with Crippen LogP contribution in [0.25, 0.3) is 0 Å². The Labute approximate surface area is 104 Å². The molecule has 0 aromatic carbocycles. The molecule has 4 heteroatoms. The van der Waals surface area contributed by atoms with E-state index in [9.17, 15) is 4.79 Å². The summed E-state index contributed by atoms with van der Waals surface area (Å²) in [5.41, 5.74) is 5.74. The Bertz CT molecular complexity index is 251. The Kier molecular flexibility index (Phi) is 4.80. The van der Waals surface area contributed by atoms with Crippen LogP contribution in [0.5, 0.6) is 0 Å². The SMILES string of the molecule is NCC1CCCC1NCC(=O)N1CCCCC1. The number of nitrogens with zero attached hydrogens (tertiary/aromatic N) is 1. The predicted octanol–water partition coefficient (Wildman–Crippen LogP) is 0.716. The summed E-state index contributed by atoms with van der Waals surface area (Å²) in [4.78, 5) is 14.0. The zero-order valence-corrected chi connectivity index (χ0v) is 10.7. The lowest BCUT2D eigenvalue weighted by molar-refractivity contribution is -0.131. The Morgan fingerprint density at radius 2 is 1.94 bits per heavy atom. The molecule has 98 valence electrons. The molecular weight excluding hydrogens is 214 g/mol. The number of carbonyl (C=O) groups excluding carboxylic acids is 1. The van der Waals surface area contributed by atoms with Crippen molar-refractivity contribution in [3.63, 3.8) is 0 Å². The number of nitrogens with two attached hydrogens (primary N) is 1. The van der Waals surface area contributed by atoms with Crippen molar-refractivity contribution in [2.45, 2.75) is 44.6 Å². The lowest BCUT2D eigenvalue weighted by atomic mass is 10.0. The minimum atomic E-state index is 0.271. The summed E-state index contributed by atoms with van der Waals surface area (Å²) >= 11 is 0. The Morgan fingerprint density at radius 3 is 2.65 bits per heavy atom. The molecule has 2 aliphatic rings. The first-order chi connectivity index (χ1) is 8.31. The van der Waals surface area contributed by atoms with Crippen LogP contribution in [0.2, 0.25) is 0 Å². The van der Waals surface area contributed by atoms with Gasteiger partial charge in [0.15, 0.2) is 0 Å². The van der Waals surface area contributed by atoms with E-state index in [-0.39, 0.29) is 5.91 Å². The average Bonchev–Trinajstić information content (AvgIpc) is 2.84. The van der Waals surface area contributed by atoms with Crippen LogP contribution in [-0.4, -0.2) is 43.0 Å². The molecule has 2 unspecified atom stereocenters. The third-order valence-corrected chi connectivity index (χ3v) is 4.19. The zero-order chi connectivity index (χ0) is 12.1. The van der Waals surface area contributed by atoms with Crippen LogP contribution >= 0.6 is 0 Å². The van der Waals surface area contributed by atoms with Crippen LogP contribution in [0.3, 0.4) is 0 Å². The first-order valence-electron chi connectivity index (χ1n) is 7.02. The van der Waals surface area contributed by atoms with Crippen LogP contribution in [0.4, 0.5) is 0 Å². The summed E-state index contributed by atoms with van der Waals surface area (Å²) in [5, 5.41) is 3.41. The lowest BCUT2D eigenvalue weighted by Crippen LogP contribution is -2.45. The molecule has 1 aliphatic carbocycles. The van der Waals surface area contributed by atoms with E-state index in [0.717, 1.165) is 19.6 Å². The van der Waals surface area contributed by atoms with Crippen molar-refractivity contribution in [3.8, 4) is 0 Å². The van der Waals surface area contributed by atoms with Crippen molar-refractivity contribution in [2.24, 2.45) is 11.7 Å². The highest BCUT2D eigenvalue weighted by Gasteiger charge is 2.26. The van der Waals surface area contributed by atoms with Crippen LogP contribution in [-0.2, 0) is 4.79 Å². The highest BCUT2D eigenvalue weighted by molar-refractivity contribution is 5.78. The van der Waals surface area contributed by atoms with Gasteiger partial charge in [-0.1, -0.05) is 6.42 Å². The van der Waals surface area contributed by atoms with Gasteiger partial charge < -0.3 is 16.0 Å². The molecule has 2 rings (SSSR count). The topological polar surface area (TPSA) is 58.4 Å². The van der Waals surface area contributed by atoms with E-state index >= 15 is 0 Å². The molecule has 17 heavy (non-hydrogen) atoms. The molecule has 1 aliphatic heterocycles. The third-order valence-electron chi connectivity index (χ3n) is 4.19. The standard InChI is InChI=1S/C13H25N3O/c14-9-11-5-4-6-12(11)15-10-13(17)16-7-2-1-3-8-16/h11-12,15H,1-10,14H2. The minimum Gasteiger partial charge on any atom is -0.342 e. The van der Waals surface area contributed by atoms with Crippen LogP contribution in [0.1, 0.15) is 38.5 Å². The first kappa shape index (κ1) is 12.8. The van der Waals surface area contributed by atoms with E-state index in [1.807, 2.05) is 4.90 Å². The van der Waals surface area contributed by atoms with E-state index in [1.165, 1.54) is 38.5 Å². The summed E-state index contributed by atoms with van der Waals surface area (Å²) in [6, 6.07) is 0.466. The number of piperidine rings is 1. The largest absolute Gasteiger partial charge is 0.342 e. The molecule has 2 atom stereocenters. The van der Waals surface area contributed by atoms with Crippen molar-refractivity contribution < 1.29 is 4.79 Å². The molecule has 3 N–H and O–H groups in total. The lowest BCUT2D eigenvalue weighted by Gasteiger charge is -2.28. The Morgan fingerprint density at radius 1 is 1.18 bits per heavy atom. The second-order valence-corrected chi connectivity index (χ2v) is 5.36. The summed E-state index contributed by atoms with van der Waals surface area (Å²) in [6.45, 7) is 3.15. The summed E-state index contributed by atoms with van der Waals surface area (Å²) in [7, 11) is 0. The van der Waals surface area contributed by atoms with Gasteiger partial charge in [0.25, 0.3) is 0 Å². The maximum Gasteiger partial charge on any atom is 0.236 e. The summed E-state index contributed by atoms with van der Waals surface area (Å²) < 4.78 is 0. The van der Waals surface area contributed by atoms with E-state index in [1.54, 1.807) is 0 Å². The molecule has 1 saturated heterocycles. The van der Waals surface area contributed by atoms with Crippen LogP contribution < -0.4 is 11.1 Å². The van der Waals surface area contributed by atoms with E-state index in [0.29, 0.717) is 18.5 Å². The second-order valence-electron chi connectivity index (χ2n) is 5.36. The Balaban J connectivity index is 1.71. The second kappa shape index (κ2) is 6.36. The van der Waals surface area contributed by atoms with Gasteiger partial charge >= 0.3 is 0 Å². The molecule has 4 nitrogen and oxygen atoms in total. The molecule has 1 saturated carbocycles. The minimum absolute atomic E-state index is 0.271. The molecule has 0 spiro atoms. The number of hydrogen-bond acceptors (Lipinski definition) is 3. The monoisotopic (exact) mass is 239 g/mol. The van der Waals surface area contributed by atoms with Gasteiger partial charge in [-0.2, -0.15) is 0 Å². The van der Waals surface area contributed by atoms with Gasteiger partial charge in [-0.05, 0) is 44.6 Å². The number of nitrogens with one attached hydrogen (secondary N) is 1. The predicted molar refractivity (Wildman–Crippen MR) is 68.6 cm³/mol. The molecule has 2 fully saturated rings. The highest BCUT2D eigenvalue weighted by atomic mass is 16.2. The normalized spacial score (nSPS) is 29.6. The molecule has 0 aromatic rings. The summed E-state index contributed by atoms with van der Waals surface area (Å²) in [6.07, 6.45) is 7.24. The number of carbonyl (C=O) groups is 1. The highest BCUT2D eigenvalue weighted by Crippen LogP contribution is 2.24. The van der Waals surface area contributed by atoms with Crippen molar-refractivity contribution in [1.29, 1.82) is 0 Å².